The molecule has 94 valence electrons. The Balaban J connectivity index is 2.18. The zero-order valence-electron chi connectivity index (χ0n) is 11.3. The first-order chi connectivity index (χ1) is 7.53. The lowest BCUT2D eigenvalue weighted by molar-refractivity contribution is -0.145. The maximum Gasteiger partial charge on any atom is 0.0842 e. The van der Waals surface area contributed by atoms with Crippen LogP contribution in [0.3, 0.4) is 0 Å². The van der Waals surface area contributed by atoms with Crippen molar-refractivity contribution in [1.82, 2.24) is 5.32 Å². The minimum Gasteiger partial charge on any atom is -0.372 e. The van der Waals surface area contributed by atoms with Gasteiger partial charge in [0.25, 0.3) is 0 Å². The van der Waals surface area contributed by atoms with E-state index in [4.69, 9.17) is 4.74 Å². The number of nitrogens with one attached hydrogen (secondary N) is 1. The lowest BCUT2D eigenvalue weighted by Crippen LogP contribution is -2.62. The molecular formula is C14H27NO. The summed E-state index contributed by atoms with van der Waals surface area (Å²) in [6.07, 6.45) is 3.86. The van der Waals surface area contributed by atoms with Crippen molar-refractivity contribution in [3.05, 3.63) is 0 Å². The van der Waals surface area contributed by atoms with E-state index in [0.29, 0.717) is 12.0 Å². The van der Waals surface area contributed by atoms with Crippen molar-refractivity contribution in [2.24, 2.45) is 17.8 Å². The van der Waals surface area contributed by atoms with Crippen LogP contribution in [0.25, 0.3) is 0 Å². The Morgan fingerprint density at radius 2 is 1.81 bits per heavy atom. The molecule has 1 spiro atoms. The minimum absolute atomic E-state index is 0.128. The Bertz CT molecular complexity index is 229. The maximum atomic E-state index is 6.26. The summed E-state index contributed by atoms with van der Waals surface area (Å²) < 4.78 is 6.26. The van der Waals surface area contributed by atoms with E-state index in [-0.39, 0.29) is 5.60 Å². The summed E-state index contributed by atoms with van der Waals surface area (Å²) in [5, 5.41) is 3.70. The molecule has 2 heteroatoms. The molecule has 16 heavy (non-hydrogen) atoms. The van der Waals surface area contributed by atoms with Gasteiger partial charge in [0, 0.05) is 12.6 Å². The lowest BCUT2D eigenvalue weighted by atomic mass is 9.67. The minimum atomic E-state index is 0.128. The van der Waals surface area contributed by atoms with E-state index in [1.54, 1.807) is 0 Å². The topological polar surface area (TPSA) is 21.3 Å². The molecular weight excluding hydrogens is 198 g/mol. The van der Waals surface area contributed by atoms with Crippen LogP contribution in [0.2, 0.25) is 0 Å². The van der Waals surface area contributed by atoms with Gasteiger partial charge < -0.3 is 10.1 Å². The van der Waals surface area contributed by atoms with Gasteiger partial charge in [-0.2, -0.15) is 0 Å². The molecule has 1 heterocycles. The highest BCUT2D eigenvalue weighted by molar-refractivity contribution is 5.01. The van der Waals surface area contributed by atoms with Crippen LogP contribution in [0, 0.1) is 17.8 Å². The van der Waals surface area contributed by atoms with Gasteiger partial charge in [-0.15, -0.1) is 0 Å². The molecule has 1 aliphatic carbocycles. The summed E-state index contributed by atoms with van der Waals surface area (Å²) in [5.41, 5.74) is 0.128. The van der Waals surface area contributed by atoms with Gasteiger partial charge in [0.1, 0.15) is 0 Å². The predicted molar refractivity (Wildman–Crippen MR) is 67.5 cm³/mol. The third-order valence-electron chi connectivity index (χ3n) is 4.28. The smallest absolute Gasteiger partial charge is 0.0842 e. The Morgan fingerprint density at radius 1 is 1.19 bits per heavy atom. The highest BCUT2D eigenvalue weighted by Crippen LogP contribution is 2.43. The fraction of sp³-hybridized carbons (Fsp3) is 1.00. The summed E-state index contributed by atoms with van der Waals surface area (Å²) in [7, 11) is 0. The molecule has 0 aromatic carbocycles. The first-order valence-corrected chi connectivity index (χ1v) is 6.91. The number of rotatable bonds is 1. The monoisotopic (exact) mass is 225 g/mol. The van der Waals surface area contributed by atoms with E-state index in [1.807, 2.05) is 0 Å². The summed E-state index contributed by atoms with van der Waals surface area (Å²) in [4.78, 5) is 0. The molecule has 1 saturated carbocycles. The fourth-order valence-electron chi connectivity index (χ4n) is 4.08. The summed E-state index contributed by atoms with van der Waals surface area (Å²) in [5.74, 6) is 2.28. The van der Waals surface area contributed by atoms with Crippen LogP contribution in [-0.2, 0) is 4.74 Å². The number of ether oxygens (including phenoxy) is 1. The van der Waals surface area contributed by atoms with Crippen molar-refractivity contribution in [2.45, 2.75) is 58.6 Å². The fourth-order valence-corrected chi connectivity index (χ4v) is 4.08. The Morgan fingerprint density at radius 3 is 2.38 bits per heavy atom. The van der Waals surface area contributed by atoms with E-state index in [1.165, 1.54) is 19.3 Å². The Kier molecular flexibility index (Phi) is 3.60. The Hall–Kier alpha value is -0.0800. The largest absolute Gasteiger partial charge is 0.372 e. The summed E-state index contributed by atoms with van der Waals surface area (Å²) >= 11 is 0. The zero-order valence-corrected chi connectivity index (χ0v) is 11.3. The molecule has 2 nitrogen and oxygen atoms in total. The highest BCUT2D eigenvalue weighted by atomic mass is 16.5. The van der Waals surface area contributed by atoms with Crippen molar-refractivity contribution in [3.63, 3.8) is 0 Å². The lowest BCUT2D eigenvalue weighted by Gasteiger charge is -2.51. The average Bonchev–Trinajstić information content (AvgIpc) is 2.15. The first-order valence-electron chi connectivity index (χ1n) is 6.91. The van der Waals surface area contributed by atoms with Crippen LogP contribution >= 0.6 is 0 Å². The molecule has 1 N–H and O–H groups in total. The average molecular weight is 225 g/mol. The number of hydrogen-bond acceptors (Lipinski definition) is 2. The molecule has 1 saturated heterocycles. The third kappa shape index (κ3) is 2.28. The van der Waals surface area contributed by atoms with E-state index in [0.717, 1.165) is 25.0 Å². The second-order valence-electron chi connectivity index (χ2n) is 6.44. The molecule has 2 rings (SSSR count). The van der Waals surface area contributed by atoms with Gasteiger partial charge in [0.15, 0.2) is 0 Å². The molecule has 3 unspecified atom stereocenters. The van der Waals surface area contributed by atoms with Crippen molar-refractivity contribution < 1.29 is 4.74 Å². The predicted octanol–water partition coefficient (Wildman–Crippen LogP) is 2.83. The summed E-state index contributed by atoms with van der Waals surface area (Å²) in [6.45, 7) is 11.3. The van der Waals surface area contributed by atoms with Crippen LogP contribution in [-0.4, -0.2) is 24.8 Å². The van der Waals surface area contributed by atoms with Crippen molar-refractivity contribution >= 4 is 0 Å². The molecule has 0 radical (unpaired) electrons. The first kappa shape index (κ1) is 12.4. The molecule has 2 fully saturated rings. The van der Waals surface area contributed by atoms with E-state index >= 15 is 0 Å². The van der Waals surface area contributed by atoms with Gasteiger partial charge in [-0.3, -0.25) is 0 Å². The molecule has 0 aromatic heterocycles. The second kappa shape index (κ2) is 4.66. The highest BCUT2D eigenvalue weighted by Gasteiger charge is 2.47. The third-order valence-corrected chi connectivity index (χ3v) is 4.28. The van der Waals surface area contributed by atoms with Gasteiger partial charge in [0.05, 0.1) is 12.2 Å². The second-order valence-corrected chi connectivity index (χ2v) is 6.44. The van der Waals surface area contributed by atoms with Gasteiger partial charge in [0.2, 0.25) is 0 Å². The molecule has 3 atom stereocenters. The van der Waals surface area contributed by atoms with Crippen LogP contribution in [0.4, 0.5) is 0 Å². The van der Waals surface area contributed by atoms with Gasteiger partial charge in [-0.05, 0) is 37.0 Å². The standard InChI is InChI=1S/C14H27NO/c1-10(2)13-14(16-6-5-15-13)8-11(3)7-12(4)9-14/h10-13,15H,5-9H2,1-4H3. The SMILES string of the molecule is CC1CC(C)CC2(C1)OCCNC2C(C)C. The zero-order chi connectivity index (χ0) is 11.8. The van der Waals surface area contributed by atoms with Gasteiger partial charge in [-0.1, -0.05) is 27.7 Å². The van der Waals surface area contributed by atoms with Crippen molar-refractivity contribution in [3.8, 4) is 0 Å². The quantitative estimate of drug-likeness (QED) is 0.741. The number of morpholine rings is 1. The van der Waals surface area contributed by atoms with Crippen LogP contribution in [0.15, 0.2) is 0 Å². The van der Waals surface area contributed by atoms with Crippen LogP contribution in [0.1, 0.15) is 47.0 Å². The molecule has 1 aliphatic heterocycles. The molecule has 2 aliphatic rings. The number of hydrogen-bond donors (Lipinski definition) is 1. The van der Waals surface area contributed by atoms with E-state index in [2.05, 4.69) is 33.0 Å². The molecule has 0 bridgehead atoms. The summed E-state index contributed by atoms with van der Waals surface area (Å²) in [6, 6.07) is 0.548. The normalized spacial score (nSPS) is 45.2. The van der Waals surface area contributed by atoms with Crippen LogP contribution < -0.4 is 5.32 Å². The van der Waals surface area contributed by atoms with Crippen molar-refractivity contribution in [1.29, 1.82) is 0 Å². The van der Waals surface area contributed by atoms with Crippen molar-refractivity contribution in [2.75, 3.05) is 13.2 Å². The van der Waals surface area contributed by atoms with Gasteiger partial charge in [-0.25, -0.2) is 0 Å². The van der Waals surface area contributed by atoms with Crippen LogP contribution in [0.5, 0.6) is 0 Å². The molecule has 0 amide bonds. The Labute approximate surface area is 100 Å². The van der Waals surface area contributed by atoms with Gasteiger partial charge >= 0.3 is 0 Å². The molecule has 0 aromatic rings. The maximum absolute atomic E-state index is 6.26. The van der Waals surface area contributed by atoms with E-state index in [9.17, 15) is 0 Å². The van der Waals surface area contributed by atoms with E-state index < -0.39 is 0 Å².